The van der Waals surface area contributed by atoms with E-state index in [1.165, 1.54) is 12.0 Å². The number of nitrogens with zero attached hydrogens (tertiary/aromatic N) is 3. The molecule has 1 fully saturated rings. The highest BCUT2D eigenvalue weighted by atomic mass is 32.1. The molecule has 0 aliphatic carbocycles. The first-order valence-corrected chi connectivity index (χ1v) is 21.4. The molecule has 0 spiro atoms. The smallest absolute Gasteiger partial charge is 0.255 e. The minimum atomic E-state index is -0.774. The van der Waals surface area contributed by atoms with Gasteiger partial charge >= 0.3 is 0 Å². The van der Waals surface area contributed by atoms with E-state index in [-0.39, 0.29) is 49.0 Å². The van der Waals surface area contributed by atoms with E-state index < -0.39 is 23.6 Å². The number of unbranched alkanes of at least 4 members (excludes halogenated alkanes) is 3. The number of amides is 4. The van der Waals surface area contributed by atoms with Gasteiger partial charge in [0.1, 0.15) is 17.5 Å². The zero-order chi connectivity index (χ0) is 44.1. The number of likely N-dealkylation sites (tertiary alicyclic amines) is 1. The largest absolute Gasteiger partial charge is 0.494 e. The van der Waals surface area contributed by atoms with Gasteiger partial charge in [0.05, 0.1) is 41.8 Å². The summed E-state index contributed by atoms with van der Waals surface area (Å²) in [6, 6.07) is 18.5. The summed E-state index contributed by atoms with van der Waals surface area (Å²) in [4.78, 5) is 63.8. The van der Waals surface area contributed by atoms with Crippen LogP contribution in [-0.2, 0) is 27.3 Å². The van der Waals surface area contributed by atoms with Crippen molar-refractivity contribution in [2.75, 3.05) is 32.1 Å². The Morgan fingerprint density at radius 2 is 1.64 bits per heavy atom. The van der Waals surface area contributed by atoms with Crippen molar-refractivity contribution in [2.45, 2.75) is 91.0 Å². The first-order chi connectivity index (χ1) is 29.1. The number of hydrogen-bond acceptors (Lipinski definition) is 10. The van der Waals surface area contributed by atoms with E-state index in [2.05, 4.69) is 31.2 Å². The van der Waals surface area contributed by atoms with Gasteiger partial charge in [0, 0.05) is 37.3 Å². The zero-order valence-electron chi connectivity index (χ0n) is 35.6. The molecule has 1 aliphatic rings. The number of thiazole rings is 1. The van der Waals surface area contributed by atoms with Crippen LogP contribution in [0.5, 0.6) is 5.75 Å². The van der Waals surface area contributed by atoms with Crippen molar-refractivity contribution in [3.63, 3.8) is 0 Å². The molecular weight excluding hydrogens is 795 g/mol. The summed E-state index contributed by atoms with van der Waals surface area (Å²) in [5, 5.41) is 22.8. The number of β-amino-alcohol motifs (C(OH)–C–C–N with tert-alkyl or cyclic N) is 1. The van der Waals surface area contributed by atoms with Gasteiger partial charge in [-0.15, -0.1) is 11.3 Å². The van der Waals surface area contributed by atoms with E-state index in [1.54, 1.807) is 53.8 Å². The fourth-order valence-electron chi connectivity index (χ4n) is 7.18. The number of nitrogens with one attached hydrogen (secondary N) is 4. The molecule has 3 atom stereocenters. The summed E-state index contributed by atoms with van der Waals surface area (Å²) in [5.41, 5.74) is 17.5. The number of methoxy groups -OCH3 is 1. The molecule has 0 unspecified atom stereocenters. The van der Waals surface area contributed by atoms with Gasteiger partial charge in [-0.05, 0) is 78.7 Å². The van der Waals surface area contributed by atoms with Gasteiger partial charge in [-0.3, -0.25) is 19.2 Å². The number of aliphatic hydroxyl groups is 1. The SMILES string of the molecule is COc1cc(C(=O)Nc2ccc(CC(=O)NCCCCCCN[C@H](C(=O)N3C[C@H](O)C[C@H]3C(=O)NCc3ccc(-c4scnc4C)cc3)C(C)(C)C)cc2)ccc1N=C(N)N. The van der Waals surface area contributed by atoms with Crippen LogP contribution >= 0.6 is 11.3 Å². The van der Waals surface area contributed by atoms with Gasteiger partial charge < -0.3 is 47.5 Å². The van der Waals surface area contributed by atoms with Crippen LogP contribution in [0, 0.1) is 12.3 Å². The summed E-state index contributed by atoms with van der Waals surface area (Å²) in [6.07, 6.45) is 3.09. The van der Waals surface area contributed by atoms with E-state index in [0.29, 0.717) is 42.3 Å². The van der Waals surface area contributed by atoms with Crippen LogP contribution in [0.3, 0.4) is 0 Å². The van der Waals surface area contributed by atoms with Crippen molar-refractivity contribution >= 4 is 52.3 Å². The minimum absolute atomic E-state index is 0.0894. The number of nitrogens with two attached hydrogens (primary N) is 2. The molecule has 3 aromatic carbocycles. The average molecular weight is 854 g/mol. The molecule has 326 valence electrons. The number of rotatable bonds is 19. The molecule has 16 heteroatoms. The van der Waals surface area contributed by atoms with Gasteiger partial charge in [-0.1, -0.05) is 70.0 Å². The Morgan fingerprint density at radius 1 is 0.951 bits per heavy atom. The summed E-state index contributed by atoms with van der Waals surface area (Å²) in [5.74, 6) is -0.665. The van der Waals surface area contributed by atoms with Crippen LogP contribution in [0.1, 0.15) is 80.1 Å². The number of anilines is 1. The number of hydrogen-bond donors (Lipinski definition) is 7. The van der Waals surface area contributed by atoms with Crippen LogP contribution in [0.2, 0.25) is 0 Å². The Bertz CT molecular complexity index is 2150. The number of carbonyl (C=O) groups excluding carboxylic acids is 4. The second-order valence-electron chi connectivity index (χ2n) is 16.3. The number of guanidine groups is 1. The topological polar surface area (TPSA) is 226 Å². The third-order valence-electron chi connectivity index (χ3n) is 10.4. The predicted octanol–water partition coefficient (Wildman–Crippen LogP) is 4.79. The van der Waals surface area contributed by atoms with E-state index in [1.807, 2.05) is 57.5 Å². The maximum atomic E-state index is 14.0. The molecule has 4 aromatic rings. The van der Waals surface area contributed by atoms with Crippen LogP contribution < -0.4 is 37.5 Å². The number of ether oxygens (including phenoxy) is 1. The highest BCUT2D eigenvalue weighted by Crippen LogP contribution is 2.30. The van der Waals surface area contributed by atoms with E-state index >= 15 is 0 Å². The maximum Gasteiger partial charge on any atom is 0.255 e. The van der Waals surface area contributed by atoms with Crippen molar-refractivity contribution in [3.8, 4) is 16.2 Å². The summed E-state index contributed by atoms with van der Waals surface area (Å²) in [6.45, 7) is 9.55. The monoisotopic (exact) mass is 853 g/mol. The number of aryl methyl sites for hydroxylation is 1. The summed E-state index contributed by atoms with van der Waals surface area (Å²) < 4.78 is 5.30. The van der Waals surface area contributed by atoms with Gasteiger partial charge in [0.2, 0.25) is 17.7 Å². The Balaban J connectivity index is 0.992. The zero-order valence-corrected chi connectivity index (χ0v) is 36.4. The lowest BCUT2D eigenvalue weighted by Gasteiger charge is -2.35. The lowest BCUT2D eigenvalue weighted by atomic mass is 9.85. The van der Waals surface area contributed by atoms with E-state index in [0.717, 1.165) is 52.9 Å². The fraction of sp³-hybridized carbons (Fsp3) is 0.422. The molecule has 1 aliphatic heterocycles. The first-order valence-electron chi connectivity index (χ1n) is 20.6. The van der Waals surface area contributed by atoms with Gasteiger partial charge in [-0.2, -0.15) is 0 Å². The molecular formula is C45H59N9O6S. The molecule has 61 heavy (non-hydrogen) atoms. The average Bonchev–Trinajstić information content (AvgIpc) is 3.84. The summed E-state index contributed by atoms with van der Waals surface area (Å²) >= 11 is 1.59. The number of aliphatic imine (C=N–C) groups is 1. The van der Waals surface area contributed by atoms with Crippen molar-refractivity contribution in [3.05, 3.63) is 94.6 Å². The van der Waals surface area contributed by atoms with Gasteiger partial charge in [0.25, 0.3) is 5.91 Å². The number of aliphatic hydroxyl groups excluding tert-OH is 1. The lowest BCUT2D eigenvalue weighted by Crippen LogP contribution is -2.56. The van der Waals surface area contributed by atoms with Crippen molar-refractivity contribution < 1.29 is 29.0 Å². The third kappa shape index (κ3) is 13.3. The predicted molar refractivity (Wildman–Crippen MR) is 240 cm³/mol. The standard InChI is InChI=1S/C45H59N9O6S/c1-28-39(61-27-51-28)31-14-10-30(11-15-31)25-50-42(58)36-24-34(55)26-54(36)43(59)40(45(2,3)4)49-21-9-7-6-8-20-48-38(56)22-29-12-17-33(18-13-29)52-41(57)32-16-19-35(53-44(46)47)37(23-32)60-5/h10-19,23,27,34,36,40,49,55H,6-9,20-22,24-26H2,1-5H3,(H,48,56)(H,50,58)(H,52,57)(H4,46,47,53)/t34-,36+,40-/m1/s1. The van der Waals surface area contributed by atoms with Crippen molar-refractivity contribution in [2.24, 2.45) is 21.9 Å². The van der Waals surface area contributed by atoms with Crippen LogP contribution in [0.25, 0.3) is 10.4 Å². The second-order valence-corrected chi connectivity index (χ2v) is 17.2. The number of benzene rings is 3. The van der Waals surface area contributed by atoms with Crippen molar-refractivity contribution in [1.29, 1.82) is 0 Å². The number of aromatic nitrogens is 1. The Kier molecular flexibility index (Phi) is 16.4. The molecule has 2 heterocycles. The Labute approximate surface area is 361 Å². The quantitative estimate of drug-likeness (QED) is 0.0388. The Hall–Kier alpha value is -5.84. The molecule has 0 radical (unpaired) electrons. The highest BCUT2D eigenvalue weighted by molar-refractivity contribution is 7.13. The van der Waals surface area contributed by atoms with Crippen LogP contribution in [0.15, 0.2) is 77.2 Å². The lowest BCUT2D eigenvalue weighted by molar-refractivity contribution is -0.142. The van der Waals surface area contributed by atoms with Crippen molar-refractivity contribution in [1.82, 2.24) is 25.8 Å². The maximum absolute atomic E-state index is 14.0. The Morgan fingerprint density at radius 3 is 2.28 bits per heavy atom. The molecule has 0 bridgehead atoms. The summed E-state index contributed by atoms with van der Waals surface area (Å²) in [7, 11) is 1.46. The highest BCUT2D eigenvalue weighted by Gasteiger charge is 2.43. The van der Waals surface area contributed by atoms with Gasteiger partial charge in [0.15, 0.2) is 5.96 Å². The molecule has 4 amide bonds. The molecule has 0 saturated carbocycles. The second kappa shape index (κ2) is 21.6. The molecule has 5 rings (SSSR count). The van der Waals surface area contributed by atoms with Gasteiger partial charge in [-0.25, -0.2) is 9.98 Å². The molecule has 1 saturated heterocycles. The first kappa shape index (κ1) is 46.2. The number of carbonyl (C=O) groups is 4. The third-order valence-corrected chi connectivity index (χ3v) is 11.4. The minimum Gasteiger partial charge on any atom is -0.494 e. The van der Waals surface area contributed by atoms with Crippen LogP contribution in [0.4, 0.5) is 11.4 Å². The molecule has 9 N–H and O–H groups in total. The fourth-order valence-corrected chi connectivity index (χ4v) is 7.99. The molecule has 15 nitrogen and oxygen atoms in total. The molecule has 1 aromatic heterocycles. The van der Waals surface area contributed by atoms with Crippen LogP contribution in [-0.4, -0.2) is 89.5 Å². The normalized spacial score (nSPS) is 15.5. The van der Waals surface area contributed by atoms with E-state index in [9.17, 15) is 24.3 Å². The van der Waals surface area contributed by atoms with E-state index in [4.69, 9.17) is 16.2 Å².